The van der Waals surface area contributed by atoms with Crippen molar-refractivity contribution in [3.05, 3.63) is 29.8 Å². The lowest BCUT2D eigenvalue weighted by Crippen LogP contribution is -2.44. The van der Waals surface area contributed by atoms with E-state index in [0.29, 0.717) is 0 Å². The number of carbonyl (C=O) groups is 1. The smallest absolute Gasteiger partial charge is 0.310 e. The highest BCUT2D eigenvalue weighted by Gasteiger charge is 2.41. The van der Waals surface area contributed by atoms with E-state index in [1.54, 1.807) is 0 Å². The van der Waals surface area contributed by atoms with Crippen LogP contribution in [0.1, 0.15) is 5.56 Å². The molecule has 1 aliphatic heterocycles. The molecule has 0 bridgehead atoms. The van der Waals surface area contributed by atoms with Crippen molar-refractivity contribution in [3.63, 3.8) is 0 Å². The summed E-state index contributed by atoms with van der Waals surface area (Å²) in [5, 5.41) is 17.9. The van der Waals surface area contributed by atoms with E-state index in [1.165, 1.54) is 31.3 Å². The van der Waals surface area contributed by atoms with Crippen molar-refractivity contribution in [1.82, 2.24) is 4.31 Å². The molecule has 112 valence electrons. The number of nitriles is 1. The maximum absolute atomic E-state index is 12.5. The van der Waals surface area contributed by atoms with E-state index in [2.05, 4.69) is 0 Å². The van der Waals surface area contributed by atoms with E-state index in [4.69, 9.17) is 15.1 Å². The van der Waals surface area contributed by atoms with Gasteiger partial charge >= 0.3 is 5.97 Å². The quantitative estimate of drug-likeness (QED) is 0.855. The Morgan fingerprint density at radius 1 is 1.48 bits per heavy atom. The first-order valence-electron chi connectivity index (χ1n) is 6.16. The second kappa shape index (κ2) is 5.81. The van der Waals surface area contributed by atoms with Crippen LogP contribution in [-0.4, -0.2) is 50.1 Å². The number of hydrogen-bond acceptors (Lipinski definition) is 5. The van der Waals surface area contributed by atoms with Gasteiger partial charge < -0.3 is 9.84 Å². The van der Waals surface area contributed by atoms with Crippen molar-refractivity contribution in [1.29, 1.82) is 5.26 Å². The zero-order valence-electron chi connectivity index (χ0n) is 11.3. The number of carboxylic acid groups (broad SMARTS) is 1. The predicted octanol–water partition coefficient (Wildman–Crippen LogP) is 0.278. The molecular weight excluding hydrogens is 296 g/mol. The summed E-state index contributed by atoms with van der Waals surface area (Å²) in [6.07, 6.45) is 0. The highest BCUT2D eigenvalue weighted by molar-refractivity contribution is 7.89. The number of hydrogen-bond donors (Lipinski definition) is 1. The monoisotopic (exact) mass is 310 g/mol. The van der Waals surface area contributed by atoms with Crippen molar-refractivity contribution in [2.75, 3.05) is 20.3 Å². The van der Waals surface area contributed by atoms with Crippen LogP contribution in [0.2, 0.25) is 0 Å². The molecule has 0 aliphatic carbocycles. The lowest BCUT2D eigenvalue weighted by atomic mass is 10.1. The Morgan fingerprint density at radius 2 is 2.19 bits per heavy atom. The van der Waals surface area contributed by atoms with Gasteiger partial charge in [-0.25, -0.2) is 8.42 Å². The minimum Gasteiger partial charge on any atom is -0.481 e. The van der Waals surface area contributed by atoms with Crippen LogP contribution in [-0.2, 0) is 19.6 Å². The lowest BCUT2D eigenvalue weighted by Gasteiger charge is -2.25. The highest BCUT2D eigenvalue weighted by atomic mass is 32.2. The average Bonchev–Trinajstić information content (AvgIpc) is 2.96. The van der Waals surface area contributed by atoms with Crippen molar-refractivity contribution < 1.29 is 23.1 Å². The van der Waals surface area contributed by atoms with E-state index >= 15 is 0 Å². The van der Waals surface area contributed by atoms with E-state index in [0.717, 1.165) is 4.31 Å². The highest BCUT2D eigenvalue weighted by Crippen LogP contribution is 2.25. The van der Waals surface area contributed by atoms with Crippen molar-refractivity contribution >= 4 is 16.0 Å². The number of rotatable bonds is 4. The summed E-state index contributed by atoms with van der Waals surface area (Å²) in [5.41, 5.74) is 0.224. The summed E-state index contributed by atoms with van der Waals surface area (Å²) in [6, 6.07) is 6.71. The fourth-order valence-corrected chi connectivity index (χ4v) is 3.63. The Morgan fingerprint density at radius 3 is 2.81 bits per heavy atom. The standard InChI is InChI=1S/C13H14N2O5S/c1-15(12-8-20-7-11(12)13(16)17)21(18,19)10-4-2-3-9(5-10)6-14/h2-5,11-12H,7-8H2,1H3,(H,16,17). The Bertz CT molecular complexity index is 695. The van der Waals surface area contributed by atoms with E-state index < -0.39 is 28.0 Å². The summed E-state index contributed by atoms with van der Waals surface area (Å²) >= 11 is 0. The molecule has 2 unspecified atom stereocenters. The summed E-state index contributed by atoms with van der Waals surface area (Å²) < 4.78 is 31.1. The maximum Gasteiger partial charge on any atom is 0.310 e. The summed E-state index contributed by atoms with van der Waals surface area (Å²) in [7, 11) is -2.56. The number of carboxylic acids is 1. The van der Waals surface area contributed by atoms with Gasteiger partial charge in [-0.3, -0.25) is 4.79 Å². The van der Waals surface area contributed by atoms with E-state index in [-0.39, 0.29) is 23.7 Å². The average molecular weight is 310 g/mol. The van der Waals surface area contributed by atoms with Crippen LogP contribution >= 0.6 is 0 Å². The molecule has 7 nitrogen and oxygen atoms in total. The van der Waals surface area contributed by atoms with Gasteiger partial charge in [0.05, 0.1) is 41.7 Å². The summed E-state index contributed by atoms with van der Waals surface area (Å²) in [4.78, 5) is 11.1. The van der Waals surface area contributed by atoms with E-state index in [1.807, 2.05) is 6.07 Å². The molecule has 1 saturated heterocycles. The Labute approximate surface area is 122 Å². The molecule has 0 radical (unpaired) electrons. The zero-order valence-corrected chi connectivity index (χ0v) is 12.1. The third-order valence-electron chi connectivity index (χ3n) is 3.47. The third-order valence-corrected chi connectivity index (χ3v) is 5.35. The summed E-state index contributed by atoms with van der Waals surface area (Å²) in [6.45, 7) is 0.0166. The Hall–Kier alpha value is -1.95. The molecular formula is C13H14N2O5S. The second-order valence-electron chi connectivity index (χ2n) is 4.71. The van der Waals surface area contributed by atoms with Gasteiger partial charge in [-0.15, -0.1) is 0 Å². The molecule has 21 heavy (non-hydrogen) atoms. The third kappa shape index (κ3) is 2.90. The van der Waals surface area contributed by atoms with Crippen LogP contribution in [0, 0.1) is 17.2 Å². The van der Waals surface area contributed by atoms with Crippen molar-refractivity contribution in [2.24, 2.45) is 5.92 Å². The van der Waals surface area contributed by atoms with Crippen LogP contribution in [0.3, 0.4) is 0 Å². The van der Waals surface area contributed by atoms with Gasteiger partial charge in [0.15, 0.2) is 0 Å². The fraction of sp³-hybridized carbons (Fsp3) is 0.385. The van der Waals surface area contributed by atoms with E-state index in [9.17, 15) is 13.2 Å². The molecule has 0 spiro atoms. The molecule has 1 aromatic carbocycles. The number of ether oxygens (including phenoxy) is 1. The van der Waals surface area contributed by atoms with Gasteiger partial charge in [0.2, 0.25) is 10.0 Å². The van der Waals surface area contributed by atoms with Gasteiger partial charge in [0, 0.05) is 7.05 Å². The molecule has 1 fully saturated rings. The van der Waals surface area contributed by atoms with Crippen LogP contribution in [0.15, 0.2) is 29.2 Å². The zero-order chi connectivity index (χ0) is 15.6. The van der Waals surface area contributed by atoms with Gasteiger partial charge in [-0.05, 0) is 18.2 Å². The minimum absolute atomic E-state index is 0.0158. The molecule has 2 rings (SSSR count). The molecule has 8 heteroatoms. The first-order chi connectivity index (χ1) is 9.87. The SMILES string of the molecule is CN(C1COCC1C(=O)O)S(=O)(=O)c1cccc(C#N)c1. The number of benzene rings is 1. The van der Waals surface area contributed by atoms with Crippen LogP contribution < -0.4 is 0 Å². The van der Waals surface area contributed by atoms with Crippen LogP contribution in [0.25, 0.3) is 0 Å². The molecule has 0 saturated carbocycles. The van der Waals surface area contributed by atoms with Gasteiger partial charge in [0.25, 0.3) is 0 Å². The van der Waals surface area contributed by atoms with Gasteiger partial charge in [-0.1, -0.05) is 6.07 Å². The summed E-state index contributed by atoms with van der Waals surface area (Å²) in [5.74, 6) is -1.99. The molecule has 1 N–H and O–H groups in total. The molecule has 0 aromatic heterocycles. The number of likely N-dealkylation sites (N-methyl/N-ethyl adjacent to an activating group) is 1. The minimum atomic E-state index is -3.88. The number of sulfonamides is 1. The molecule has 1 aromatic rings. The Balaban J connectivity index is 2.34. The molecule has 1 heterocycles. The molecule has 1 aliphatic rings. The van der Waals surface area contributed by atoms with Crippen molar-refractivity contribution in [3.8, 4) is 6.07 Å². The number of nitrogens with zero attached hydrogens (tertiary/aromatic N) is 2. The normalized spacial score (nSPS) is 22.1. The lowest BCUT2D eigenvalue weighted by molar-refractivity contribution is -0.142. The van der Waals surface area contributed by atoms with Crippen LogP contribution in [0.4, 0.5) is 0 Å². The Kier molecular flexibility index (Phi) is 4.27. The van der Waals surface area contributed by atoms with Gasteiger partial charge in [-0.2, -0.15) is 9.57 Å². The number of aliphatic carboxylic acids is 1. The van der Waals surface area contributed by atoms with Crippen LogP contribution in [0.5, 0.6) is 0 Å². The first-order valence-corrected chi connectivity index (χ1v) is 7.60. The topological polar surface area (TPSA) is 108 Å². The van der Waals surface area contributed by atoms with Gasteiger partial charge in [0.1, 0.15) is 0 Å². The first kappa shape index (κ1) is 15.4. The largest absolute Gasteiger partial charge is 0.481 e. The predicted molar refractivity (Wildman–Crippen MR) is 71.8 cm³/mol. The molecule has 0 amide bonds. The fourth-order valence-electron chi connectivity index (χ4n) is 2.21. The molecule has 2 atom stereocenters. The second-order valence-corrected chi connectivity index (χ2v) is 6.71. The van der Waals surface area contributed by atoms with Crippen molar-refractivity contribution in [2.45, 2.75) is 10.9 Å². The maximum atomic E-state index is 12.5.